The van der Waals surface area contributed by atoms with Gasteiger partial charge in [-0.3, -0.25) is 19.2 Å². The van der Waals surface area contributed by atoms with Gasteiger partial charge in [0.1, 0.15) is 6.04 Å². The summed E-state index contributed by atoms with van der Waals surface area (Å²) in [5.74, 6) is -2.80. The lowest BCUT2D eigenvalue weighted by Crippen LogP contribution is -2.60. The summed E-state index contributed by atoms with van der Waals surface area (Å²) in [5, 5.41) is 19.2. The maximum absolute atomic E-state index is 12.5. The van der Waals surface area contributed by atoms with E-state index in [4.69, 9.17) is 0 Å². The number of piperidine rings is 1. The standard InChI is InChI=1S/C17H23N3O5S/c1-9(2)13(16(24)19-11-5-6-18-17(25)14(11)22)20-15(23)12(21)8-10-4-3-7-26-10/h3-4,7,9,11,13-14,22H,5-6,8H2,1-2H3,(H,18,25)(H,19,24)(H,20,23). The lowest BCUT2D eigenvalue weighted by Gasteiger charge is -2.30. The minimum atomic E-state index is -1.34. The highest BCUT2D eigenvalue weighted by molar-refractivity contribution is 7.10. The van der Waals surface area contributed by atoms with Crippen LogP contribution in [-0.4, -0.2) is 53.3 Å². The van der Waals surface area contributed by atoms with Gasteiger partial charge in [-0.1, -0.05) is 19.9 Å². The van der Waals surface area contributed by atoms with Gasteiger partial charge in [-0.2, -0.15) is 0 Å². The van der Waals surface area contributed by atoms with Crippen molar-refractivity contribution >= 4 is 34.8 Å². The van der Waals surface area contributed by atoms with E-state index in [0.29, 0.717) is 13.0 Å². The van der Waals surface area contributed by atoms with Gasteiger partial charge in [0, 0.05) is 11.4 Å². The molecule has 1 aromatic heterocycles. The zero-order valence-corrected chi connectivity index (χ0v) is 15.5. The van der Waals surface area contributed by atoms with Crippen LogP contribution in [0.3, 0.4) is 0 Å². The summed E-state index contributed by atoms with van der Waals surface area (Å²) >= 11 is 1.38. The van der Waals surface area contributed by atoms with Crippen LogP contribution in [0, 0.1) is 5.92 Å². The minimum absolute atomic E-state index is 0.0164. The molecule has 2 rings (SSSR count). The van der Waals surface area contributed by atoms with Crippen LogP contribution < -0.4 is 16.0 Å². The summed E-state index contributed by atoms with van der Waals surface area (Å²) in [7, 11) is 0. The molecule has 0 aromatic carbocycles. The van der Waals surface area contributed by atoms with E-state index in [1.165, 1.54) is 11.3 Å². The van der Waals surface area contributed by atoms with E-state index in [0.717, 1.165) is 4.88 Å². The van der Waals surface area contributed by atoms with Crippen LogP contribution in [0.1, 0.15) is 25.1 Å². The molecule has 0 aliphatic carbocycles. The molecule has 0 saturated carbocycles. The van der Waals surface area contributed by atoms with E-state index >= 15 is 0 Å². The van der Waals surface area contributed by atoms with Gasteiger partial charge in [0.2, 0.25) is 11.7 Å². The number of rotatable bonds is 7. The Bertz CT molecular complexity index is 674. The Kier molecular flexibility index (Phi) is 6.87. The third-order valence-corrected chi connectivity index (χ3v) is 5.01. The molecule has 9 heteroatoms. The molecule has 1 aliphatic rings. The largest absolute Gasteiger partial charge is 0.381 e. The van der Waals surface area contributed by atoms with Crippen molar-refractivity contribution in [2.24, 2.45) is 5.92 Å². The summed E-state index contributed by atoms with van der Waals surface area (Å²) in [6.45, 7) is 3.81. The van der Waals surface area contributed by atoms with Gasteiger partial charge in [-0.25, -0.2) is 0 Å². The number of hydrogen-bond acceptors (Lipinski definition) is 6. The molecule has 3 unspecified atom stereocenters. The normalized spacial score (nSPS) is 21.0. The van der Waals surface area contributed by atoms with E-state index in [2.05, 4.69) is 16.0 Å². The highest BCUT2D eigenvalue weighted by Gasteiger charge is 2.34. The number of thiophene rings is 1. The molecule has 4 N–H and O–H groups in total. The van der Waals surface area contributed by atoms with Gasteiger partial charge in [-0.05, 0) is 23.8 Å². The first-order chi connectivity index (χ1) is 12.3. The Hall–Kier alpha value is -2.26. The number of nitrogens with one attached hydrogen (secondary N) is 3. The number of hydrogen-bond donors (Lipinski definition) is 4. The van der Waals surface area contributed by atoms with Gasteiger partial charge in [0.15, 0.2) is 6.10 Å². The number of ketones is 1. The van der Waals surface area contributed by atoms with Crippen molar-refractivity contribution in [3.8, 4) is 0 Å². The van der Waals surface area contributed by atoms with Crippen LogP contribution in [0.15, 0.2) is 17.5 Å². The molecule has 0 radical (unpaired) electrons. The fourth-order valence-corrected chi connectivity index (χ4v) is 3.33. The first kappa shape index (κ1) is 20.1. The summed E-state index contributed by atoms with van der Waals surface area (Å²) < 4.78 is 0. The molecule has 2 heterocycles. The SMILES string of the molecule is CC(C)C(NC(=O)C(=O)Cc1cccs1)C(=O)NC1CCNC(=O)C1O. The molecule has 26 heavy (non-hydrogen) atoms. The third kappa shape index (κ3) is 5.12. The van der Waals surface area contributed by atoms with Crippen molar-refractivity contribution in [2.45, 2.75) is 44.9 Å². The van der Waals surface area contributed by atoms with Crippen molar-refractivity contribution < 1.29 is 24.3 Å². The first-order valence-corrected chi connectivity index (χ1v) is 9.29. The summed E-state index contributed by atoms with van der Waals surface area (Å²) in [6, 6.07) is 1.89. The number of Topliss-reactive ketones (excluding diaryl/α,β-unsaturated/α-hetero) is 1. The number of carbonyl (C=O) groups is 4. The second kappa shape index (κ2) is 8.91. The quantitative estimate of drug-likeness (QED) is 0.468. The maximum Gasteiger partial charge on any atom is 0.288 e. The van der Waals surface area contributed by atoms with Gasteiger partial charge in [0.25, 0.3) is 11.8 Å². The van der Waals surface area contributed by atoms with Crippen molar-refractivity contribution in [1.29, 1.82) is 0 Å². The summed E-state index contributed by atoms with van der Waals surface area (Å²) in [6.07, 6.45) is -0.969. The van der Waals surface area contributed by atoms with Gasteiger partial charge >= 0.3 is 0 Å². The Morgan fingerprint density at radius 3 is 2.73 bits per heavy atom. The molecule has 1 saturated heterocycles. The zero-order chi connectivity index (χ0) is 19.3. The molecule has 3 amide bonds. The van der Waals surface area contributed by atoms with Crippen molar-refractivity contribution in [3.05, 3.63) is 22.4 Å². The Labute approximate surface area is 155 Å². The minimum Gasteiger partial charge on any atom is -0.381 e. The average Bonchev–Trinajstić information content (AvgIpc) is 3.09. The van der Waals surface area contributed by atoms with Crippen molar-refractivity contribution in [1.82, 2.24) is 16.0 Å². The van der Waals surface area contributed by atoms with Crippen LogP contribution in [0.25, 0.3) is 0 Å². The molecule has 1 aliphatic heterocycles. The van der Waals surface area contributed by atoms with Gasteiger partial charge in [0.05, 0.1) is 12.5 Å². The van der Waals surface area contributed by atoms with Crippen LogP contribution in [0.4, 0.5) is 0 Å². The summed E-state index contributed by atoms with van der Waals surface area (Å²) in [5.41, 5.74) is 0. The van der Waals surface area contributed by atoms with Crippen LogP contribution in [0.2, 0.25) is 0 Å². The van der Waals surface area contributed by atoms with E-state index < -0.39 is 41.7 Å². The van der Waals surface area contributed by atoms with E-state index in [1.807, 2.05) is 5.38 Å². The molecular formula is C17H23N3O5S. The molecular weight excluding hydrogens is 358 g/mol. The predicted molar refractivity (Wildman–Crippen MR) is 95.4 cm³/mol. The molecule has 1 fully saturated rings. The number of carbonyl (C=O) groups excluding carboxylic acids is 4. The number of aliphatic hydroxyl groups excluding tert-OH is 1. The zero-order valence-electron chi connectivity index (χ0n) is 14.7. The Morgan fingerprint density at radius 2 is 2.12 bits per heavy atom. The summed E-state index contributed by atoms with van der Waals surface area (Å²) in [4.78, 5) is 48.9. The number of aliphatic hydroxyl groups is 1. The molecule has 1 aromatic rings. The van der Waals surface area contributed by atoms with Crippen molar-refractivity contribution in [2.75, 3.05) is 6.54 Å². The second-order valence-corrected chi connectivity index (χ2v) is 7.55. The third-order valence-electron chi connectivity index (χ3n) is 4.14. The van der Waals surface area contributed by atoms with E-state index in [-0.39, 0.29) is 12.3 Å². The first-order valence-electron chi connectivity index (χ1n) is 8.41. The highest BCUT2D eigenvalue weighted by Crippen LogP contribution is 2.11. The molecule has 8 nitrogen and oxygen atoms in total. The monoisotopic (exact) mass is 381 g/mol. The molecule has 0 bridgehead atoms. The van der Waals surface area contributed by atoms with Crippen LogP contribution in [0.5, 0.6) is 0 Å². The van der Waals surface area contributed by atoms with Gasteiger partial charge in [-0.15, -0.1) is 11.3 Å². The number of amides is 3. The van der Waals surface area contributed by atoms with Crippen LogP contribution >= 0.6 is 11.3 Å². The molecule has 142 valence electrons. The topological polar surface area (TPSA) is 125 Å². The molecule has 0 spiro atoms. The van der Waals surface area contributed by atoms with Gasteiger partial charge < -0.3 is 21.1 Å². The predicted octanol–water partition coefficient (Wildman–Crippen LogP) is -0.634. The fraction of sp³-hybridized carbons (Fsp3) is 0.529. The lowest BCUT2D eigenvalue weighted by molar-refractivity contribution is -0.140. The fourth-order valence-electron chi connectivity index (χ4n) is 2.63. The Balaban J connectivity index is 1.96. The lowest BCUT2D eigenvalue weighted by atomic mass is 9.99. The Morgan fingerprint density at radius 1 is 1.38 bits per heavy atom. The smallest absolute Gasteiger partial charge is 0.288 e. The average molecular weight is 381 g/mol. The second-order valence-electron chi connectivity index (χ2n) is 6.51. The van der Waals surface area contributed by atoms with Crippen molar-refractivity contribution in [3.63, 3.8) is 0 Å². The van der Waals surface area contributed by atoms with E-state index in [9.17, 15) is 24.3 Å². The van der Waals surface area contributed by atoms with Crippen LogP contribution in [-0.2, 0) is 25.6 Å². The highest BCUT2D eigenvalue weighted by atomic mass is 32.1. The van der Waals surface area contributed by atoms with E-state index in [1.54, 1.807) is 26.0 Å². The maximum atomic E-state index is 12.5. The molecule has 3 atom stereocenters.